The highest BCUT2D eigenvalue weighted by molar-refractivity contribution is 7.08. The number of thiophene rings is 1. The number of ketones is 1. The molecule has 0 unspecified atom stereocenters. The van der Waals surface area contributed by atoms with Crippen molar-refractivity contribution in [2.75, 3.05) is 19.6 Å². The number of Topliss-reactive ketones (excluding diaryl/α,β-unsaturated/α-hetero) is 1. The van der Waals surface area contributed by atoms with Crippen molar-refractivity contribution in [1.29, 1.82) is 0 Å². The molecule has 4 rings (SSSR count). The molecule has 4 nitrogen and oxygen atoms in total. The van der Waals surface area contributed by atoms with Gasteiger partial charge >= 0.3 is 0 Å². The van der Waals surface area contributed by atoms with Gasteiger partial charge in [-0.3, -0.25) is 9.59 Å². The van der Waals surface area contributed by atoms with Crippen LogP contribution in [0.2, 0.25) is 0 Å². The largest absolute Gasteiger partial charge is 0.350 e. The van der Waals surface area contributed by atoms with Crippen molar-refractivity contribution in [2.45, 2.75) is 57.9 Å². The van der Waals surface area contributed by atoms with Crippen molar-refractivity contribution in [3.8, 4) is 0 Å². The molecule has 0 saturated heterocycles. The Morgan fingerprint density at radius 3 is 2.59 bits per heavy atom. The monoisotopic (exact) mass is 450 g/mol. The lowest BCUT2D eigenvalue weighted by Crippen LogP contribution is -2.37. The van der Waals surface area contributed by atoms with E-state index in [0.717, 1.165) is 62.4 Å². The highest BCUT2D eigenvalue weighted by Crippen LogP contribution is 2.28. The quantitative estimate of drug-likeness (QED) is 0.470. The summed E-state index contributed by atoms with van der Waals surface area (Å²) < 4.78 is 0. The van der Waals surface area contributed by atoms with Crippen LogP contribution in [0.3, 0.4) is 0 Å². The molecule has 0 atom stereocenters. The van der Waals surface area contributed by atoms with Crippen LogP contribution in [0, 0.1) is 5.92 Å². The summed E-state index contributed by atoms with van der Waals surface area (Å²) in [4.78, 5) is 26.5. The maximum Gasteiger partial charge on any atom is 0.244 e. The van der Waals surface area contributed by atoms with E-state index in [4.69, 9.17) is 0 Å². The number of hydrogen-bond acceptors (Lipinski definition) is 4. The van der Waals surface area contributed by atoms with Gasteiger partial charge in [0.15, 0.2) is 5.78 Å². The maximum atomic E-state index is 12.2. The second kappa shape index (κ2) is 11.1. The molecule has 2 aromatic rings. The normalized spacial score (nSPS) is 21.8. The van der Waals surface area contributed by atoms with E-state index in [2.05, 4.69) is 22.3 Å². The molecule has 1 amide bonds. The lowest BCUT2D eigenvalue weighted by molar-refractivity contribution is -0.117. The third-order valence-electron chi connectivity index (χ3n) is 7.02. The van der Waals surface area contributed by atoms with Crippen LogP contribution < -0.4 is 5.32 Å². The average molecular weight is 451 g/mol. The molecule has 2 aliphatic rings. The zero-order valence-electron chi connectivity index (χ0n) is 19.0. The number of carbonyl (C=O) groups excluding carboxylic acids is 2. The van der Waals surface area contributed by atoms with E-state index >= 15 is 0 Å². The van der Waals surface area contributed by atoms with Crippen molar-refractivity contribution in [1.82, 2.24) is 10.2 Å². The van der Waals surface area contributed by atoms with Gasteiger partial charge in [0.2, 0.25) is 5.91 Å². The van der Waals surface area contributed by atoms with Crippen LogP contribution in [-0.4, -0.2) is 42.3 Å². The molecule has 0 radical (unpaired) electrons. The number of rotatable bonds is 7. The number of amides is 1. The van der Waals surface area contributed by atoms with Gasteiger partial charge in [-0.1, -0.05) is 12.1 Å². The Morgan fingerprint density at radius 2 is 1.88 bits per heavy atom. The molecule has 2 heterocycles. The zero-order valence-corrected chi connectivity index (χ0v) is 19.8. The van der Waals surface area contributed by atoms with Gasteiger partial charge in [0.1, 0.15) is 0 Å². The van der Waals surface area contributed by atoms with Gasteiger partial charge in [-0.25, -0.2) is 0 Å². The van der Waals surface area contributed by atoms with Crippen LogP contribution in [0.4, 0.5) is 0 Å². The summed E-state index contributed by atoms with van der Waals surface area (Å²) in [5.41, 5.74) is 4.68. The highest BCUT2D eigenvalue weighted by atomic mass is 32.1. The van der Waals surface area contributed by atoms with Gasteiger partial charge in [-0.15, -0.1) is 0 Å². The summed E-state index contributed by atoms with van der Waals surface area (Å²) in [7, 11) is 0. The van der Waals surface area contributed by atoms with Gasteiger partial charge in [0, 0.05) is 30.8 Å². The summed E-state index contributed by atoms with van der Waals surface area (Å²) in [6, 6.07) is 8.57. The number of nitrogens with one attached hydrogen (secondary N) is 1. The molecule has 1 fully saturated rings. The fraction of sp³-hybridized carbons (Fsp3) is 0.481. The minimum Gasteiger partial charge on any atom is -0.350 e. The first kappa shape index (κ1) is 22.9. The molecule has 1 N–H and O–H groups in total. The molecular formula is C27H34N2O2S. The second-order valence-electron chi connectivity index (χ2n) is 9.29. The highest BCUT2D eigenvalue weighted by Gasteiger charge is 2.23. The van der Waals surface area contributed by atoms with E-state index in [1.165, 1.54) is 30.4 Å². The summed E-state index contributed by atoms with van der Waals surface area (Å²) in [6.45, 7) is 4.98. The smallest absolute Gasteiger partial charge is 0.244 e. The summed E-state index contributed by atoms with van der Waals surface area (Å²) in [5.74, 6) is 0.940. The summed E-state index contributed by atoms with van der Waals surface area (Å²) >= 11 is 1.64. The predicted octanol–water partition coefficient (Wildman–Crippen LogP) is 5.13. The SMILES string of the molecule is CC(=O)c1ccc2c(c1)CCN(CCC1CCC(NC(=O)C=Cc3ccsc3)CC1)CC2. The van der Waals surface area contributed by atoms with Gasteiger partial charge in [-0.05, 0) is 110 Å². The first-order valence-electron chi connectivity index (χ1n) is 11.9. The topological polar surface area (TPSA) is 49.4 Å². The first-order valence-corrected chi connectivity index (χ1v) is 12.9. The minimum absolute atomic E-state index is 0.0247. The molecule has 1 aliphatic heterocycles. The number of carbonyl (C=O) groups is 2. The Hall–Kier alpha value is -2.24. The number of benzene rings is 1. The van der Waals surface area contributed by atoms with Crippen molar-refractivity contribution >= 4 is 29.1 Å². The molecule has 0 spiro atoms. The molecule has 170 valence electrons. The molecular weight excluding hydrogens is 416 g/mol. The van der Waals surface area contributed by atoms with Crippen molar-refractivity contribution in [2.24, 2.45) is 5.92 Å². The van der Waals surface area contributed by atoms with Crippen LogP contribution in [0.25, 0.3) is 6.08 Å². The van der Waals surface area contributed by atoms with Crippen molar-refractivity contribution in [3.05, 3.63) is 63.4 Å². The van der Waals surface area contributed by atoms with E-state index in [1.807, 2.05) is 29.0 Å². The third kappa shape index (κ3) is 6.39. The Kier molecular flexibility index (Phi) is 7.93. The first-order chi connectivity index (χ1) is 15.6. The van der Waals surface area contributed by atoms with Gasteiger partial charge in [-0.2, -0.15) is 11.3 Å². The van der Waals surface area contributed by atoms with Gasteiger partial charge < -0.3 is 10.2 Å². The molecule has 1 saturated carbocycles. The fourth-order valence-corrected chi connectivity index (χ4v) is 5.59. The third-order valence-corrected chi connectivity index (χ3v) is 7.73. The van der Waals surface area contributed by atoms with E-state index in [1.54, 1.807) is 24.3 Å². The second-order valence-corrected chi connectivity index (χ2v) is 10.1. The molecule has 1 aliphatic carbocycles. The Bertz CT molecular complexity index is 943. The number of nitrogens with zero attached hydrogens (tertiary/aromatic N) is 1. The number of hydrogen-bond donors (Lipinski definition) is 1. The lowest BCUT2D eigenvalue weighted by atomic mass is 9.84. The van der Waals surface area contributed by atoms with Crippen LogP contribution in [0.15, 0.2) is 41.1 Å². The number of fused-ring (bicyclic) bond motifs is 1. The molecule has 32 heavy (non-hydrogen) atoms. The van der Waals surface area contributed by atoms with E-state index in [0.29, 0.717) is 6.04 Å². The molecule has 1 aromatic heterocycles. The molecule has 0 bridgehead atoms. The van der Waals surface area contributed by atoms with Gasteiger partial charge in [0.05, 0.1) is 0 Å². The van der Waals surface area contributed by atoms with Gasteiger partial charge in [0.25, 0.3) is 0 Å². The Morgan fingerprint density at radius 1 is 1.09 bits per heavy atom. The summed E-state index contributed by atoms with van der Waals surface area (Å²) in [5, 5.41) is 7.25. The van der Waals surface area contributed by atoms with Crippen molar-refractivity contribution in [3.63, 3.8) is 0 Å². The zero-order chi connectivity index (χ0) is 22.3. The maximum absolute atomic E-state index is 12.2. The lowest BCUT2D eigenvalue weighted by Gasteiger charge is -2.30. The van der Waals surface area contributed by atoms with E-state index in [-0.39, 0.29) is 11.7 Å². The van der Waals surface area contributed by atoms with E-state index < -0.39 is 0 Å². The van der Waals surface area contributed by atoms with E-state index in [9.17, 15) is 9.59 Å². The van der Waals surface area contributed by atoms with Crippen LogP contribution >= 0.6 is 11.3 Å². The predicted molar refractivity (Wildman–Crippen MR) is 132 cm³/mol. The minimum atomic E-state index is 0.0247. The van der Waals surface area contributed by atoms with Crippen LogP contribution in [0.1, 0.15) is 66.1 Å². The van der Waals surface area contributed by atoms with Crippen LogP contribution in [0.5, 0.6) is 0 Å². The fourth-order valence-electron chi connectivity index (χ4n) is 4.97. The van der Waals surface area contributed by atoms with Crippen LogP contribution in [-0.2, 0) is 17.6 Å². The summed E-state index contributed by atoms with van der Waals surface area (Å²) in [6.07, 6.45) is 11.5. The van der Waals surface area contributed by atoms with Crippen molar-refractivity contribution < 1.29 is 9.59 Å². The Labute approximate surface area is 195 Å². The standard InChI is InChI=1S/C27H34N2O2S/c1-20(30)24-6-5-23-11-15-29(16-12-25(23)18-24)14-10-21-2-7-26(8-3-21)28-27(31)9-4-22-13-17-32-19-22/h4-6,9,13,17-19,21,26H,2-3,7-8,10-12,14-16H2,1H3,(H,28,31). The molecule has 1 aromatic carbocycles. The molecule has 5 heteroatoms. The Balaban J connectivity index is 1.17. The average Bonchev–Trinajstić information content (AvgIpc) is 3.24.